The Morgan fingerprint density at radius 2 is 2.31 bits per heavy atom. The van der Waals surface area contributed by atoms with Gasteiger partial charge in [-0.1, -0.05) is 4.51 Å². The lowest BCUT2D eigenvalue weighted by atomic mass is 10.2. The van der Waals surface area contributed by atoms with Crippen molar-refractivity contribution < 1.29 is 14.6 Å². The topological polar surface area (TPSA) is 46.5 Å². The molecule has 0 saturated heterocycles. The highest BCUT2D eigenvalue weighted by Crippen LogP contribution is 2.27. The van der Waals surface area contributed by atoms with E-state index in [1.165, 1.54) is 19.2 Å². The molecular formula is C9H9IO3. The van der Waals surface area contributed by atoms with Crippen LogP contribution in [0.2, 0.25) is 0 Å². The third-order valence-corrected chi connectivity index (χ3v) is 2.84. The molecular weight excluding hydrogens is 283 g/mol. The van der Waals surface area contributed by atoms with E-state index >= 15 is 0 Å². The zero-order valence-corrected chi connectivity index (χ0v) is 9.24. The summed E-state index contributed by atoms with van der Waals surface area (Å²) in [5, 5.41) is 9.25. The monoisotopic (exact) mass is 292 g/mol. The van der Waals surface area contributed by atoms with Gasteiger partial charge in [-0.2, -0.15) is 0 Å². The number of hydrogen-bond acceptors (Lipinski definition) is 3. The molecule has 13 heavy (non-hydrogen) atoms. The molecule has 1 aromatic rings. The van der Waals surface area contributed by atoms with Gasteiger partial charge in [0.1, 0.15) is 0 Å². The number of halogens is 1. The van der Waals surface area contributed by atoms with Crippen LogP contribution in [0.1, 0.15) is 10.4 Å². The fourth-order valence-corrected chi connectivity index (χ4v) is 1.65. The van der Waals surface area contributed by atoms with Gasteiger partial charge in [-0.05, 0) is 38.9 Å². The highest BCUT2D eigenvalue weighted by molar-refractivity contribution is 14.2. The van der Waals surface area contributed by atoms with E-state index in [0.29, 0.717) is 11.3 Å². The van der Waals surface area contributed by atoms with Gasteiger partial charge >= 0.3 is 0 Å². The number of methoxy groups -OCH3 is 1. The number of carbonyl (C=O) groups excluding carboxylic acids is 1. The van der Waals surface area contributed by atoms with Crippen LogP contribution < -0.4 is 4.74 Å². The molecule has 0 heterocycles. The SMILES string of the molecule is C=IC(=O)c1ccc(O)c(OC)c1. The molecule has 0 radical (unpaired) electrons. The first-order valence-corrected chi connectivity index (χ1v) is 6.09. The predicted molar refractivity (Wildman–Crippen MR) is 60.1 cm³/mol. The van der Waals surface area contributed by atoms with Crippen molar-refractivity contribution in [1.82, 2.24) is 0 Å². The van der Waals surface area contributed by atoms with E-state index < -0.39 is 20.7 Å². The number of ether oxygens (including phenoxy) is 1. The van der Waals surface area contributed by atoms with Crippen molar-refractivity contribution in [1.29, 1.82) is 0 Å². The molecule has 0 fully saturated rings. The molecule has 0 amide bonds. The first-order valence-electron chi connectivity index (χ1n) is 3.48. The molecule has 0 aliphatic heterocycles. The third kappa shape index (κ3) is 2.27. The molecule has 0 bridgehead atoms. The second kappa shape index (κ2) is 4.36. The van der Waals surface area contributed by atoms with E-state index in [2.05, 4.69) is 4.51 Å². The smallest absolute Gasteiger partial charge is 0.216 e. The van der Waals surface area contributed by atoms with E-state index in [9.17, 15) is 9.90 Å². The molecule has 0 saturated carbocycles. The second-order valence-electron chi connectivity index (χ2n) is 2.29. The van der Waals surface area contributed by atoms with Gasteiger partial charge in [0.05, 0.1) is 7.11 Å². The Labute approximate surface area is 86.1 Å². The minimum Gasteiger partial charge on any atom is -0.504 e. The fourth-order valence-electron chi connectivity index (χ4n) is 0.877. The van der Waals surface area contributed by atoms with Crippen LogP contribution in [0.4, 0.5) is 0 Å². The number of hydrogen-bond donors (Lipinski definition) is 1. The molecule has 3 nitrogen and oxygen atoms in total. The van der Waals surface area contributed by atoms with Crippen molar-refractivity contribution in [3.8, 4) is 11.5 Å². The van der Waals surface area contributed by atoms with Gasteiger partial charge < -0.3 is 9.84 Å². The minimum atomic E-state index is -0.688. The van der Waals surface area contributed by atoms with Crippen LogP contribution in [0, 0.1) is 0 Å². The van der Waals surface area contributed by atoms with Crippen molar-refractivity contribution in [3.05, 3.63) is 23.8 Å². The zero-order valence-electron chi connectivity index (χ0n) is 7.08. The van der Waals surface area contributed by atoms with Crippen molar-refractivity contribution >= 4 is 29.0 Å². The summed E-state index contributed by atoms with van der Waals surface area (Å²) in [5.41, 5.74) is 0.553. The van der Waals surface area contributed by atoms with E-state index in [1.54, 1.807) is 6.07 Å². The summed E-state index contributed by atoms with van der Waals surface area (Å²) in [4.78, 5) is 11.2. The third-order valence-electron chi connectivity index (χ3n) is 1.53. The Bertz CT molecular complexity index is 347. The molecule has 0 aliphatic carbocycles. The van der Waals surface area contributed by atoms with Crippen molar-refractivity contribution in [3.63, 3.8) is 0 Å². The zero-order chi connectivity index (χ0) is 9.84. The lowest BCUT2D eigenvalue weighted by Gasteiger charge is -2.03. The average molecular weight is 292 g/mol. The molecule has 1 rings (SSSR count). The molecule has 0 atom stereocenters. The summed E-state index contributed by atoms with van der Waals surface area (Å²) < 4.78 is 8.51. The Kier molecular flexibility index (Phi) is 3.41. The second-order valence-corrected chi connectivity index (χ2v) is 4.04. The molecule has 0 unspecified atom stereocenters. The van der Waals surface area contributed by atoms with Gasteiger partial charge in [0.25, 0.3) is 0 Å². The molecule has 1 aromatic carbocycles. The van der Waals surface area contributed by atoms with Crippen molar-refractivity contribution in [2.45, 2.75) is 0 Å². The number of aromatic hydroxyl groups is 1. The maximum atomic E-state index is 11.2. The largest absolute Gasteiger partial charge is 0.504 e. The number of phenolic OH excluding ortho intramolecular Hbond substituents is 1. The summed E-state index contributed by atoms with van der Waals surface area (Å²) >= 11 is -0.688. The predicted octanol–water partition coefficient (Wildman–Crippen LogP) is 1.94. The summed E-state index contributed by atoms with van der Waals surface area (Å²) in [5.74, 6) is 0.365. The molecule has 0 aliphatic rings. The molecule has 4 heteroatoms. The lowest BCUT2D eigenvalue weighted by Crippen LogP contribution is -1.91. The number of rotatable bonds is 3. The van der Waals surface area contributed by atoms with Gasteiger partial charge in [-0.3, -0.25) is 4.79 Å². The van der Waals surface area contributed by atoms with Crippen LogP contribution in [0.25, 0.3) is 0 Å². The average Bonchev–Trinajstić information content (AvgIpc) is 2.17. The van der Waals surface area contributed by atoms with Crippen molar-refractivity contribution in [2.75, 3.05) is 7.11 Å². The van der Waals surface area contributed by atoms with Gasteiger partial charge in [0.15, 0.2) is 11.5 Å². The lowest BCUT2D eigenvalue weighted by molar-refractivity contribution is 0.110. The van der Waals surface area contributed by atoms with Crippen LogP contribution in [-0.4, -0.2) is 20.5 Å². The van der Waals surface area contributed by atoms with Crippen LogP contribution >= 0.6 is 20.7 Å². The van der Waals surface area contributed by atoms with Gasteiger partial charge in [-0.15, -0.1) is 0 Å². The highest BCUT2D eigenvalue weighted by Gasteiger charge is 2.06. The van der Waals surface area contributed by atoms with E-state index in [1.807, 2.05) is 0 Å². The summed E-state index contributed by atoms with van der Waals surface area (Å²) in [6, 6.07) is 4.55. The van der Waals surface area contributed by atoms with E-state index in [0.717, 1.165) is 0 Å². The minimum absolute atomic E-state index is 0.0390. The van der Waals surface area contributed by atoms with Crippen molar-refractivity contribution in [2.24, 2.45) is 0 Å². The molecule has 1 N–H and O–H groups in total. The quantitative estimate of drug-likeness (QED) is 0.684. The molecule has 0 aromatic heterocycles. The summed E-state index contributed by atoms with van der Waals surface area (Å²) in [6.45, 7) is 0. The Morgan fingerprint density at radius 1 is 1.62 bits per heavy atom. The first kappa shape index (κ1) is 10.2. The van der Waals surface area contributed by atoms with Gasteiger partial charge in [-0.25, -0.2) is 0 Å². The molecule has 0 spiro atoms. The summed E-state index contributed by atoms with van der Waals surface area (Å²) in [7, 11) is 1.45. The Balaban J connectivity index is 3.13. The standard InChI is InChI=1S/C9H9IO3/c1-10-9(12)6-3-4-7(11)8(5-6)13-2/h3-5,11H,1H2,2H3. The fraction of sp³-hybridized carbons (Fsp3) is 0.111. The molecule has 70 valence electrons. The maximum Gasteiger partial charge on any atom is 0.216 e. The highest BCUT2D eigenvalue weighted by atomic mass is 127. The van der Waals surface area contributed by atoms with Crippen LogP contribution in [0.15, 0.2) is 18.2 Å². The Morgan fingerprint density at radius 3 is 2.85 bits per heavy atom. The van der Waals surface area contributed by atoms with Gasteiger partial charge in [0.2, 0.25) is 3.79 Å². The maximum absolute atomic E-state index is 11.2. The number of carbonyl (C=O) groups is 1. The van der Waals surface area contributed by atoms with E-state index in [4.69, 9.17) is 4.74 Å². The van der Waals surface area contributed by atoms with Crippen LogP contribution in [0.5, 0.6) is 11.5 Å². The summed E-state index contributed by atoms with van der Waals surface area (Å²) in [6.07, 6.45) is 0. The Hall–Kier alpha value is -0.910. The van der Waals surface area contributed by atoms with Crippen LogP contribution in [0.3, 0.4) is 0 Å². The number of benzene rings is 1. The van der Waals surface area contributed by atoms with E-state index in [-0.39, 0.29) is 9.54 Å². The first-order chi connectivity index (χ1) is 6.19. The van der Waals surface area contributed by atoms with Crippen LogP contribution in [-0.2, 0) is 0 Å². The number of phenols is 1. The normalized spacial score (nSPS) is 9.62. The van der Waals surface area contributed by atoms with Gasteiger partial charge in [0, 0.05) is 5.56 Å².